The number of benzene rings is 1. The summed E-state index contributed by atoms with van der Waals surface area (Å²) in [6, 6.07) is 8.53. The van der Waals surface area contributed by atoms with Crippen LogP contribution >= 0.6 is 0 Å². The van der Waals surface area contributed by atoms with Crippen molar-refractivity contribution >= 4 is 11.6 Å². The number of methoxy groups -OCH3 is 1. The first-order valence-corrected chi connectivity index (χ1v) is 6.43. The molecule has 2 aliphatic heterocycles. The van der Waals surface area contributed by atoms with Crippen molar-refractivity contribution in [2.24, 2.45) is 0 Å². The highest BCUT2D eigenvalue weighted by atomic mass is 16.5. The Morgan fingerprint density at radius 2 is 2.33 bits per heavy atom. The lowest BCUT2D eigenvalue weighted by Crippen LogP contribution is -2.47. The van der Waals surface area contributed by atoms with Gasteiger partial charge in [-0.05, 0) is 24.6 Å². The molecule has 0 saturated carbocycles. The van der Waals surface area contributed by atoms with Crippen LogP contribution in [0.3, 0.4) is 0 Å². The summed E-state index contributed by atoms with van der Waals surface area (Å²) in [4.78, 5) is 14.2. The number of anilines is 1. The molecular formula is C14H18N2O2. The molecule has 4 heteroatoms. The van der Waals surface area contributed by atoms with Gasteiger partial charge in [-0.25, -0.2) is 0 Å². The summed E-state index contributed by atoms with van der Waals surface area (Å²) in [5.74, 6) is 0.495. The van der Waals surface area contributed by atoms with Crippen LogP contribution < -0.4 is 10.2 Å². The van der Waals surface area contributed by atoms with Crippen LogP contribution in [0.5, 0.6) is 0 Å². The fraction of sp³-hybridized carbons (Fsp3) is 0.500. The van der Waals surface area contributed by atoms with Crippen LogP contribution in [-0.4, -0.2) is 38.8 Å². The normalized spacial score (nSPS) is 25.7. The number of piperidine rings is 1. The van der Waals surface area contributed by atoms with Gasteiger partial charge < -0.3 is 15.0 Å². The summed E-state index contributed by atoms with van der Waals surface area (Å²) in [6.45, 7) is 2.09. The van der Waals surface area contributed by atoms with E-state index in [0.717, 1.165) is 25.2 Å². The van der Waals surface area contributed by atoms with Gasteiger partial charge >= 0.3 is 0 Å². The zero-order valence-electron chi connectivity index (χ0n) is 10.6. The Bertz CT molecular complexity index is 461. The molecule has 96 valence electrons. The highest BCUT2D eigenvalue weighted by Gasteiger charge is 2.42. The molecule has 0 bridgehead atoms. The van der Waals surface area contributed by atoms with Gasteiger partial charge in [-0.3, -0.25) is 4.79 Å². The lowest BCUT2D eigenvalue weighted by atomic mass is 9.90. The minimum Gasteiger partial charge on any atom is -0.375 e. The Hall–Kier alpha value is -1.39. The average molecular weight is 246 g/mol. The number of hydrogen-bond donors (Lipinski definition) is 1. The first kappa shape index (κ1) is 11.7. The minimum atomic E-state index is 0.0688. The van der Waals surface area contributed by atoms with Gasteiger partial charge in [0, 0.05) is 31.3 Å². The lowest BCUT2D eigenvalue weighted by molar-refractivity contribution is -0.122. The second-order valence-electron chi connectivity index (χ2n) is 4.92. The van der Waals surface area contributed by atoms with Gasteiger partial charge in [0.1, 0.15) is 6.61 Å². The molecule has 1 amide bonds. The second-order valence-corrected chi connectivity index (χ2v) is 4.92. The third-order valence-electron chi connectivity index (χ3n) is 3.91. The van der Waals surface area contributed by atoms with Crippen LogP contribution in [0.1, 0.15) is 17.9 Å². The predicted molar refractivity (Wildman–Crippen MR) is 69.8 cm³/mol. The monoisotopic (exact) mass is 246 g/mol. The van der Waals surface area contributed by atoms with E-state index in [9.17, 15) is 4.79 Å². The molecular weight excluding hydrogens is 228 g/mol. The molecule has 0 aromatic heterocycles. The number of rotatable bonds is 2. The molecule has 18 heavy (non-hydrogen) atoms. The number of para-hydroxylation sites is 1. The topological polar surface area (TPSA) is 41.6 Å². The van der Waals surface area contributed by atoms with Crippen LogP contribution in [-0.2, 0) is 9.53 Å². The summed E-state index contributed by atoms with van der Waals surface area (Å²) in [5.41, 5.74) is 2.36. The van der Waals surface area contributed by atoms with Crippen LogP contribution in [0.2, 0.25) is 0 Å². The van der Waals surface area contributed by atoms with Gasteiger partial charge in [-0.1, -0.05) is 18.2 Å². The summed E-state index contributed by atoms with van der Waals surface area (Å²) >= 11 is 0. The molecule has 0 unspecified atom stereocenters. The highest BCUT2D eigenvalue weighted by Crippen LogP contribution is 2.42. The van der Waals surface area contributed by atoms with E-state index in [-0.39, 0.29) is 12.5 Å². The van der Waals surface area contributed by atoms with Gasteiger partial charge in [-0.2, -0.15) is 0 Å². The number of hydrogen-bond acceptors (Lipinski definition) is 3. The van der Waals surface area contributed by atoms with Crippen molar-refractivity contribution in [3.05, 3.63) is 29.8 Å². The van der Waals surface area contributed by atoms with Gasteiger partial charge in [0.2, 0.25) is 0 Å². The Labute approximate surface area is 107 Å². The molecule has 4 nitrogen and oxygen atoms in total. The highest BCUT2D eigenvalue weighted by molar-refractivity contribution is 5.97. The van der Waals surface area contributed by atoms with Crippen molar-refractivity contribution in [2.75, 3.05) is 31.7 Å². The summed E-state index contributed by atoms with van der Waals surface area (Å²) < 4.78 is 5.00. The number of nitrogens with zero attached hydrogens (tertiary/aromatic N) is 1. The molecule has 1 aromatic rings. The van der Waals surface area contributed by atoms with Crippen molar-refractivity contribution in [3.8, 4) is 0 Å². The maximum Gasteiger partial charge on any atom is 0.253 e. The largest absolute Gasteiger partial charge is 0.375 e. The summed E-state index contributed by atoms with van der Waals surface area (Å²) in [6.07, 6.45) is 1.01. The van der Waals surface area contributed by atoms with Crippen molar-refractivity contribution in [3.63, 3.8) is 0 Å². The minimum absolute atomic E-state index is 0.0688. The quantitative estimate of drug-likeness (QED) is 0.850. The molecule has 2 heterocycles. The molecule has 1 N–H and O–H groups in total. The Balaban J connectivity index is 1.99. The third-order valence-corrected chi connectivity index (χ3v) is 3.91. The van der Waals surface area contributed by atoms with Crippen molar-refractivity contribution in [2.45, 2.75) is 18.4 Å². The molecule has 2 atom stereocenters. The molecule has 2 aliphatic rings. The molecule has 0 radical (unpaired) electrons. The van der Waals surface area contributed by atoms with Gasteiger partial charge in [0.15, 0.2) is 0 Å². The molecule has 1 fully saturated rings. The first-order valence-electron chi connectivity index (χ1n) is 6.43. The predicted octanol–water partition coefficient (Wildman–Crippen LogP) is 1.13. The van der Waals surface area contributed by atoms with Crippen molar-refractivity contribution < 1.29 is 9.53 Å². The summed E-state index contributed by atoms with van der Waals surface area (Å²) in [5, 5.41) is 3.42. The van der Waals surface area contributed by atoms with E-state index < -0.39 is 0 Å². The van der Waals surface area contributed by atoms with E-state index >= 15 is 0 Å². The van der Waals surface area contributed by atoms with Crippen LogP contribution in [0.4, 0.5) is 5.69 Å². The smallest absolute Gasteiger partial charge is 0.253 e. The first-order chi connectivity index (χ1) is 8.83. The number of amides is 1. The number of carbonyl (C=O) groups is 1. The van der Waals surface area contributed by atoms with E-state index in [1.807, 2.05) is 17.0 Å². The maximum absolute atomic E-state index is 12.2. The van der Waals surface area contributed by atoms with Gasteiger partial charge in [0.25, 0.3) is 5.91 Å². The molecule has 1 saturated heterocycles. The SMILES string of the molecule is COCC(=O)N1c2ccccc2[C@@H]2CNCC[C@H]21. The van der Waals surface area contributed by atoms with E-state index in [2.05, 4.69) is 17.4 Å². The van der Waals surface area contributed by atoms with Crippen LogP contribution in [0, 0.1) is 0 Å². The molecule has 0 spiro atoms. The third kappa shape index (κ3) is 1.72. The van der Waals surface area contributed by atoms with E-state index in [0.29, 0.717) is 12.0 Å². The standard InChI is InChI=1S/C14H18N2O2/c1-18-9-14(17)16-12-5-3-2-4-10(12)11-8-15-7-6-13(11)16/h2-5,11,13,15H,6-9H2,1H3/t11-,13+/m0/s1. The number of ether oxygens (including phenoxy) is 1. The fourth-order valence-electron chi connectivity index (χ4n) is 3.18. The van der Waals surface area contributed by atoms with Crippen molar-refractivity contribution in [1.82, 2.24) is 5.32 Å². The second kappa shape index (κ2) is 4.71. The Morgan fingerprint density at radius 3 is 3.17 bits per heavy atom. The van der Waals surface area contributed by atoms with E-state index in [1.165, 1.54) is 5.56 Å². The number of fused-ring (bicyclic) bond motifs is 3. The van der Waals surface area contributed by atoms with E-state index in [1.54, 1.807) is 7.11 Å². The average Bonchev–Trinajstić information content (AvgIpc) is 2.73. The van der Waals surface area contributed by atoms with Gasteiger partial charge in [-0.15, -0.1) is 0 Å². The Kier molecular flexibility index (Phi) is 3.06. The summed E-state index contributed by atoms with van der Waals surface area (Å²) in [7, 11) is 1.57. The molecule has 0 aliphatic carbocycles. The zero-order valence-corrected chi connectivity index (χ0v) is 10.6. The van der Waals surface area contributed by atoms with E-state index in [4.69, 9.17) is 4.74 Å². The number of carbonyl (C=O) groups excluding carboxylic acids is 1. The van der Waals surface area contributed by atoms with Gasteiger partial charge in [0.05, 0.1) is 0 Å². The zero-order chi connectivity index (χ0) is 12.5. The fourth-order valence-corrected chi connectivity index (χ4v) is 3.18. The molecule has 1 aromatic carbocycles. The maximum atomic E-state index is 12.2. The van der Waals surface area contributed by atoms with Crippen LogP contribution in [0.25, 0.3) is 0 Å². The van der Waals surface area contributed by atoms with Crippen LogP contribution in [0.15, 0.2) is 24.3 Å². The lowest BCUT2D eigenvalue weighted by Gasteiger charge is -2.32. The molecule has 3 rings (SSSR count). The van der Waals surface area contributed by atoms with Crippen molar-refractivity contribution in [1.29, 1.82) is 0 Å². The Morgan fingerprint density at radius 1 is 1.50 bits per heavy atom. The number of nitrogens with one attached hydrogen (secondary N) is 1.